The van der Waals surface area contributed by atoms with E-state index in [0.29, 0.717) is 10.2 Å². The molecule has 0 fully saturated rings. The first kappa shape index (κ1) is 12.5. The second kappa shape index (κ2) is 4.51. The van der Waals surface area contributed by atoms with Crippen LogP contribution in [-0.4, -0.2) is 14.6 Å². The van der Waals surface area contributed by atoms with E-state index in [-0.39, 0.29) is 0 Å². The molecule has 0 aliphatic carbocycles. The van der Waals surface area contributed by atoms with Crippen molar-refractivity contribution < 1.29 is 0 Å². The lowest BCUT2D eigenvalue weighted by Crippen LogP contribution is -1.99. The van der Waals surface area contributed by atoms with Gasteiger partial charge in [0.2, 0.25) is 0 Å². The summed E-state index contributed by atoms with van der Waals surface area (Å²) in [6.07, 6.45) is 1.74. The normalized spacial score (nSPS) is 11.2. The van der Waals surface area contributed by atoms with Gasteiger partial charge >= 0.3 is 0 Å². The molecule has 0 amide bonds. The third kappa shape index (κ3) is 1.90. The van der Waals surface area contributed by atoms with E-state index in [4.69, 9.17) is 23.2 Å². The Balaban J connectivity index is 2.36. The first-order valence-electron chi connectivity index (χ1n) is 5.85. The Morgan fingerprint density at radius 3 is 2.53 bits per heavy atom. The molecule has 5 heteroatoms. The maximum absolute atomic E-state index is 6.30. The van der Waals surface area contributed by atoms with Gasteiger partial charge in [-0.25, -0.2) is 9.50 Å². The summed E-state index contributed by atoms with van der Waals surface area (Å²) in [5, 5.41) is 5.56. The van der Waals surface area contributed by atoms with E-state index >= 15 is 0 Å². The van der Waals surface area contributed by atoms with E-state index in [1.165, 1.54) is 0 Å². The van der Waals surface area contributed by atoms with Crippen LogP contribution in [0.2, 0.25) is 10.2 Å². The number of benzene rings is 1. The Kier molecular flexibility index (Phi) is 2.96. The van der Waals surface area contributed by atoms with Gasteiger partial charge in [-0.1, -0.05) is 41.4 Å². The van der Waals surface area contributed by atoms with E-state index in [1.807, 2.05) is 38.1 Å². The predicted molar refractivity (Wildman–Crippen MR) is 77.9 cm³/mol. The second-order valence-corrected chi connectivity index (χ2v) is 5.15. The molecule has 0 radical (unpaired) electrons. The van der Waals surface area contributed by atoms with E-state index in [1.54, 1.807) is 10.7 Å². The number of fused-ring (bicyclic) bond motifs is 1. The molecule has 1 aromatic carbocycles. The minimum atomic E-state index is 0.584. The predicted octanol–water partition coefficient (Wildman–Crippen LogP) is 4.32. The summed E-state index contributed by atoms with van der Waals surface area (Å²) >= 11 is 12.5. The molecule has 0 aliphatic rings. The van der Waals surface area contributed by atoms with Crippen molar-refractivity contribution in [3.05, 3.63) is 51.9 Å². The number of hydrogen-bond acceptors (Lipinski definition) is 2. The van der Waals surface area contributed by atoms with Crippen molar-refractivity contribution >= 4 is 28.8 Å². The molecule has 0 bridgehead atoms. The standard InChI is InChI=1S/C14H11Cl2N3/c1-8-9(2)18-14-11(7-17-19(14)13(8)16)10-5-3-4-6-12(10)15/h3-7H,1-2H3. The summed E-state index contributed by atoms with van der Waals surface area (Å²) in [7, 11) is 0. The maximum Gasteiger partial charge on any atom is 0.164 e. The van der Waals surface area contributed by atoms with E-state index in [2.05, 4.69) is 10.1 Å². The fraction of sp³-hybridized carbons (Fsp3) is 0.143. The van der Waals surface area contributed by atoms with Crippen LogP contribution in [-0.2, 0) is 0 Å². The van der Waals surface area contributed by atoms with Crippen molar-refractivity contribution in [2.75, 3.05) is 0 Å². The molecule has 2 aromatic heterocycles. The number of aryl methyl sites for hydroxylation is 1. The Morgan fingerprint density at radius 1 is 1.05 bits per heavy atom. The number of rotatable bonds is 1. The number of halogens is 2. The highest BCUT2D eigenvalue weighted by Crippen LogP contribution is 2.31. The molecule has 19 heavy (non-hydrogen) atoms. The molecule has 0 aliphatic heterocycles. The van der Waals surface area contributed by atoms with Crippen LogP contribution in [0.5, 0.6) is 0 Å². The Morgan fingerprint density at radius 2 is 1.79 bits per heavy atom. The Hall–Kier alpha value is -1.58. The van der Waals surface area contributed by atoms with E-state index in [0.717, 1.165) is 28.0 Å². The lowest BCUT2D eigenvalue weighted by molar-refractivity contribution is 0.916. The fourth-order valence-electron chi connectivity index (χ4n) is 2.01. The third-order valence-electron chi connectivity index (χ3n) is 3.22. The molecule has 0 unspecified atom stereocenters. The van der Waals surface area contributed by atoms with E-state index in [9.17, 15) is 0 Å². The zero-order valence-corrected chi connectivity index (χ0v) is 12.0. The van der Waals surface area contributed by atoms with Gasteiger partial charge in [0, 0.05) is 27.4 Å². The van der Waals surface area contributed by atoms with Crippen LogP contribution in [0.3, 0.4) is 0 Å². The summed E-state index contributed by atoms with van der Waals surface area (Å²) in [5.41, 5.74) is 4.34. The van der Waals surface area contributed by atoms with Crippen LogP contribution in [0.25, 0.3) is 16.8 Å². The van der Waals surface area contributed by atoms with Crippen LogP contribution in [0.15, 0.2) is 30.5 Å². The summed E-state index contributed by atoms with van der Waals surface area (Å²) in [6, 6.07) is 7.63. The van der Waals surface area contributed by atoms with Crippen molar-refractivity contribution in [2.24, 2.45) is 0 Å². The average Bonchev–Trinajstić information content (AvgIpc) is 2.80. The molecular weight excluding hydrogens is 281 g/mol. The van der Waals surface area contributed by atoms with Gasteiger partial charge in [-0.2, -0.15) is 5.10 Å². The van der Waals surface area contributed by atoms with Crippen LogP contribution < -0.4 is 0 Å². The van der Waals surface area contributed by atoms with Gasteiger partial charge in [-0.3, -0.25) is 0 Å². The third-order valence-corrected chi connectivity index (χ3v) is 3.99. The number of hydrogen-bond donors (Lipinski definition) is 0. The first-order chi connectivity index (χ1) is 9.09. The van der Waals surface area contributed by atoms with Gasteiger partial charge in [0.15, 0.2) is 5.65 Å². The molecule has 0 N–H and O–H groups in total. The minimum absolute atomic E-state index is 0.584. The first-order valence-corrected chi connectivity index (χ1v) is 6.60. The van der Waals surface area contributed by atoms with Gasteiger partial charge < -0.3 is 0 Å². The molecular formula is C14H11Cl2N3. The molecule has 0 saturated carbocycles. The van der Waals surface area contributed by atoms with Crippen LogP contribution in [0, 0.1) is 13.8 Å². The highest BCUT2D eigenvalue weighted by atomic mass is 35.5. The maximum atomic E-state index is 6.30. The zero-order valence-electron chi connectivity index (χ0n) is 10.5. The number of nitrogens with zero attached hydrogens (tertiary/aromatic N) is 3. The minimum Gasteiger partial charge on any atom is -0.233 e. The van der Waals surface area contributed by atoms with Crippen LogP contribution >= 0.6 is 23.2 Å². The fourth-order valence-corrected chi connectivity index (χ4v) is 2.51. The van der Waals surface area contributed by atoms with Gasteiger partial charge in [0.05, 0.1) is 6.20 Å². The molecule has 96 valence electrons. The largest absolute Gasteiger partial charge is 0.233 e. The summed E-state index contributed by atoms with van der Waals surface area (Å²) < 4.78 is 1.64. The Labute approximate surface area is 120 Å². The second-order valence-electron chi connectivity index (χ2n) is 4.39. The number of aromatic nitrogens is 3. The highest BCUT2D eigenvalue weighted by Gasteiger charge is 2.15. The van der Waals surface area contributed by atoms with Gasteiger partial charge in [-0.15, -0.1) is 0 Å². The SMILES string of the molecule is Cc1nc2c(-c3ccccc3Cl)cnn2c(Cl)c1C. The summed E-state index contributed by atoms with van der Waals surface area (Å²) in [6.45, 7) is 3.87. The summed E-state index contributed by atoms with van der Waals surface area (Å²) in [5.74, 6) is 0. The highest BCUT2D eigenvalue weighted by molar-refractivity contribution is 6.33. The monoisotopic (exact) mass is 291 g/mol. The summed E-state index contributed by atoms with van der Waals surface area (Å²) in [4.78, 5) is 4.57. The topological polar surface area (TPSA) is 30.2 Å². The smallest absolute Gasteiger partial charge is 0.164 e. The molecule has 3 nitrogen and oxygen atoms in total. The molecule has 0 atom stereocenters. The van der Waals surface area contributed by atoms with Crippen LogP contribution in [0.1, 0.15) is 11.3 Å². The van der Waals surface area contributed by atoms with Gasteiger partial charge in [0.1, 0.15) is 5.15 Å². The van der Waals surface area contributed by atoms with Crippen molar-refractivity contribution in [3.8, 4) is 11.1 Å². The van der Waals surface area contributed by atoms with Crippen molar-refractivity contribution in [1.29, 1.82) is 0 Å². The quantitative estimate of drug-likeness (QED) is 0.625. The van der Waals surface area contributed by atoms with Crippen LogP contribution in [0.4, 0.5) is 0 Å². The molecule has 2 heterocycles. The molecule has 0 saturated heterocycles. The van der Waals surface area contributed by atoms with Gasteiger partial charge in [-0.05, 0) is 19.9 Å². The van der Waals surface area contributed by atoms with Gasteiger partial charge in [0.25, 0.3) is 0 Å². The lowest BCUT2D eigenvalue weighted by atomic mass is 10.1. The Bertz CT molecular complexity index is 778. The molecule has 3 rings (SSSR count). The molecule has 0 spiro atoms. The van der Waals surface area contributed by atoms with Crippen molar-refractivity contribution in [3.63, 3.8) is 0 Å². The van der Waals surface area contributed by atoms with Crippen molar-refractivity contribution in [2.45, 2.75) is 13.8 Å². The lowest BCUT2D eigenvalue weighted by Gasteiger charge is -2.06. The average molecular weight is 292 g/mol. The molecule has 3 aromatic rings. The van der Waals surface area contributed by atoms with Crippen molar-refractivity contribution in [1.82, 2.24) is 14.6 Å². The zero-order chi connectivity index (χ0) is 13.6. The van der Waals surface area contributed by atoms with E-state index < -0.39 is 0 Å².